The minimum atomic E-state index is -3.26. The average molecular weight is 362 g/mol. The van der Waals surface area contributed by atoms with Crippen molar-refractivity contribution in [3.8, 4) is 0 Å². The second kappa shape index (κ2) is 6.37. The molecule has 0 spiro atoms. The number of amides is 1. The molecule has 2 atom stereocenters. The van der Waals surface area contributed by atoms with Crippen LogP contribution in [-0.4, -0.2) is 56.0 Å². The zero-order valence-corrected chi connectivity index (χ0v) is 13.9. The molecule has 0 radical (unpaired) electrons. The van der Waals surface area contributed by atoms with E-state index in [1.54, 1.807) is 4.90 Å². The fourth-order valence-corrected chi connectivity index (χ4v) is 5.26. The fraction of sp³-hybridized carbons (Fsp3) is 0.533. The number of sulfone groups is 1. The van der Waals surface area contributed by atoms with E-state index in [0.29, 0.717) is 13.0 Å². The molecule has 2 fully saturated rings. The minimum absolute atomic E-state index is 0.0890. The first-order chi connectivity index (χ1) is 10.9. The molecule has 2 heterocycles. The Balaban J connectivity index is 1.82. The molecule has 0 saturated carbocycles. The summed E-state index contributed by atoms with van der Waals surface area (Å²) in [7, 11) is -3.26. The van der Waals surface area contributed by atoms with E-state index in [0.717, 1.165) is 0 Å². The summed E-state index contributed by atoms with van der Waals surface area (Å²) in [5.74, 6) is -0.920. The Hall–Kier alpha value is -1.18. The number of ether oxygens (including phenoxy) is 1. The molecule has 1 amide bonds. The van der Waals surface area contributed by atoms with Gasteiger partial charge in [0.1, 0.15) is 11.1 Å². The third-order valence-corrected chi connectivity index (χ3v) is 6.94. The van der Waals surface area contributed by atoms with Crippen LogP contribution in [0.3, 0.4) is 0 Å². The van der Waals surface area contributed by atoms with Crippen LogP contribution in [0.15, 0.2) is 18.2 Å². The number of benzene rings is 1. The molecule has 0 aromatic heterocycles. The van der Waals surface area contributed by atoms with Gasteiger partial charge < -0.3 is 9.64 Å². The van der Waals surface area contributed by atoms with E-state index in [1.165, 1.54) is 18.2 Å². The van der Waals surface area contributed by atoms with Gasteiger partial charge in [-0.05, 0) is 18.6 Å². The van der Waals surface area contributed by atoms with Crippen LogP contribution < -0.4 is 0 Å². The number of fused-ring (bicyclic) bond motifs is 1. The molecule has 2 aliphatic rings. The third kappa shape index (κ3) is 3.22. The maximum atomic E-state index is 13.9. The zero-order chi connectivity index (χ0) is 16.6. The molecule has 23 heavy (non-hydrogen) atoms. The summed E-state index contributed by atoms with van der Waals surface area (Å²) < 4.78 is 43.4. The molecule has 1 aromatic carbocycles. The molecule has 2 saturated heterocycles. The molecule has 3 rings (SSSR count). The highest BCUT2D eigenvalue weighted by Crippen LogP contribution is 2.28. The van der Waals surface area contributed by atoms with Gasteiger partial charge in [0, 0.05) is 23.7 Å². The Bertz CT molecular complexity index is 704. The lowest BCUT2D eigenvalue weighted by Gasteiger charge is -2.43. The molecular formula is C15H17ClFNO4S. The molecule has 1 aromatic rings. The number of rotatable bonds is 2. The standard InChI is InChI=1S/C15H17ClFNO4S/c16-11-2-1-3-12(17)10(11)8-15(19)18-5-7-23(20,21)14-9-22-6-4-13(14)18/h1-3,13-14H,4-9H2. The van der Waals surface area contributed by atoms with Crippen molar-refractivity contribution in [3.63, 3.8) is 0 Å². The van der Waals surface area contributed by atoms with Gasteiger partial charge in [0.25, 0.3) is 0 Å². The summed E-state index contributed by atoms with van der Waals surface area (Å²) in [6.07, 6.45) is 0.302. The van der Waals surface area contributed by atoms with Crippen LogP contribution in [-0.2, 0) is 25.8 Å². The highest BCUT2D eigenvalue weighted by atomic mass is 35.5. The summed E-state index contributed by atoms with van der Waals surface area (Å²) >= 11 is 5.97. The Labute approximate surface area is 139 Å². The molecule has 0 N–H and O–H groups in total. The van der Waals surface area contributed by atoms with Gasteiger partial charge in [0.15, 0.2) is 9.84 Å². The lowest BCUT2D eigenvalue weighted by Crippen LogP contribution is -2.60. The summed E-state index contributed by atoms with van der Waals surface area (Å²) in [6.45, 7) is 0.659. The van der Waals surface area contributed by atoms with Gasteiger partial charge in [-0.25, -0.2) is 12.8 Å². The van der Waals surface area contributed by atoms with Crippen LogP contribution in [0.25, 0.3) is 0 Å². The molecule has 5 nitrogen and oxygen atoms in total. The second-order valence-electron chi connectivity index (χ2n) is 5.80. The lowest BCUT2D eigenvalue weighted by molar-refractivity contribution is -0.134. The normalized spacial score (nSPS) is 26.6. The van der Waals surface area contributed by atoms with Crippen LogP contribution in [0.2, 0.25) is 5.02 Å². The predicted molar refractivity (Wildman–Crippen MR) is 83.6 cm³/mol. The van der Waals surface area contributed by atoms with E-state index < -0.39 is 26.9 Å². The molecule has 126 valence electrons. The molecule has 0 bridgehead atoms. The van der Waals surface area contributed by atoms with E-state index in [9.17, 15) is 17.6 Å². The molecule has 2 aliphatic heterocycles. The quantitative estimate of drug-likeness (QED) is 0.799. The Morgan fingerprint density at radius 2 is 2.22 bits per heavy atom. The van der Waals surface area contributed by atoms with E-state index in [4.69, 9.17) is 16.3 Å². The third-order valence-electron chi connectivity index (χ3n) is 4.46. The maximum absolute atomic E-state index is 13.9. The Kier molecular flexibility index (Phi) is 4.62. The van der Waals surface area contributed by atoms with Gasteiger partial charge in [-0.2, -0.15) is 0 Å². The van der Waals surface area contributed by atoms with Crippen molar-refractivity contribution in [2.24, 2.45) is 0 Å². The van der Waals surface area contributed by atoms with Crippen molar-refractivity contribution in [3.05, 3.63) is 34.6 Å². The highest BCUT2D eigenvalue weighted by molar-refractivity contribution is 7.92. The zero-order valence-electron chi connectivity index (χ0n) is 12.4. The average Bonchev–Trinajstić information content (AvgIpc) is 2.51. The van der Waals surface area contributed by atoms with E-state index >= 15 is 0 Å². The molecular weight excluding hydrogens is 345 g/mol. The van der Waals surface area contributed by atoms with Gasteiger partial charge >= 0.3 is 0 Å². The van der Waals surface area contributed by atoms with Crippen LogP contribution in [0, 0.1) is 5.82 Å². The van der Waals surface area contributed by atoms with Gasteiger partial charge in [-0.15, -0.1) is 0 Å². The smallest absolute Gasteiger partial charge is 0.227 e. The fourth-order valence-electron chi connectivity index (χ4n) is 3.21. The highest BCUT2D eigenvalue weighted by Gasteiger charge is 2.45. The number of carbonyl (C=O) groups excluding carboxylic acids is 1. The largest absolute Gasteiger partial charge is 0.380 e. The van der Waals surface area contributed by atoms with Crippen molar-refractivity contribution in [2.45, 2.75) is 24.1 Å². The topological polar surface area (TPSA) is 63.7 Å². The van der Waals surface area contributed by atoms with Crippen LogP contribution in [0.1, 0.15) is 12.0 Å². The number of halogens is 2. The van der Waals surface area contributed by atoms with Crippen molar-refractivity contribution >= 4 is 27.3 Å². The van der Waals surface area contributed by atoms with Crippen molar-refractivity contribution in [2.75, 3.05) is 25.5 Å². The van der Waals surface area contributed by atoms with Gasteiger partial charge in [0.05, 0.1) is 24.8 Å². The van der Waals surface area contributed by atoms with Crippen molar-refractivity contribution < 1.29 is 22.3 Å². The van der Waals surface area contributed by atoms with E-state index in [2.05, 4.69) is 0 Å². The first-order valence-electron chi connectivity index (χ1n) is 7.42. The monoisotopic (exact) mass is 361 g/mol. The van der Waals surface area contributed by atoms with Crippen molar-refractivity contribution in [1.29, 1.82) is 0 Å². The molecule has 0 aliphatic carbocycles. The van der Waals surface area contributed by atoms with Crippen molar-refractivity contribution in [1.82, 2.24) is 4.90 Å². The summed E-state index contributed by atoms with van der Waals surface area (Å²) in [4.78, 5) is 14.2. The van der Waals surface area contributed by atoms with Gasteiger partial charge in [-0.3, -0.25) is 4.79 Å². The van der Waals surface area contributed by atoms with Gasteiger partial charge in [0.2, 0.25) is 5.91 Å². The number of hydrogen-bond donors (Lipinski definition) is 0. The molecule has 2 unspecified atom stereocenters. The van der Waals surface area contributed by atoms with Gasteiger partial charge in [-0.1, -0.05) is 17.7 Å². The minimum Gasteiger partial charge on any atom is -0.380 e. The van der Waals surface area contributed by atoms with E-state index in [-0.39, 0.29) is 41.8 Å². The number of carbonyl (C=O) groups is 1. The maximum Gasteiger partial charge on any atom is 0.227 e. The second-order valence-corrected chi connectivity index (χ2v) is 8.55. The SMILES string of the molecule is O=C(Cc1c(F)cccc1Cl)N1CCS(=O)(=O)C2COCCC21. The first kappa shape index (κ1) is 16.7. The summed E-state index contributed by atoms with van der Waals surface area (Å²) in [5.41, 5.74) is 0.149. The predicted octanol–water partition coefficient (Wildman–Crippen LogP) is 1.44. The van der Waals surface area contributed by atoms with Crippen LogP contribution in [0.5, 0.6) is 0 Å². The number of hydrogen-bond acceptors (Lipinski definition) is 4. The first-order valence-corrected chi connectivity index (χ1v) is 9.51. The number of nitrogens with zero attached hydrogens (tertiary/aromatic N) is 1. The summed E-state index contributed by atoms with van der Waals surface area (Å²) in [5, 5.41) is -0.489. The molecule has 8 heteroatoms. The Morgan fingerprint density at radius 1 is 1.43 bits per heavy atom. The van der Waals surface area contributed by atoms with Crippen LogP contribution >= 0.6 is 11.6 Å². The van der Waals surface area contributed by atoms with E-state index in [1.807, 2.05) is 0 Å². The van der Waals surface area contributed by atoms with Crippen LogP contribution in [0.4, 0.5) is 4.39 Å². The Morgan fingerprint density at radius 3 is 2.96 bits per heavy atom. The lowest BCUT2D eigenvalue weighted by atomic mass is 10.0. The summed E-state index contributed by atoms with van der Waals surface area (Å²) in [6, 6.07) is 3.87.